The van der Waals surface area contributed by atoms with Crippen LogP contribution >= 0.6 is 11.3 Å². The van der Waals surface area contributed by atoms with Gasteiger partial charge in [0.15, 0.2) is 5.13 Å². The lowest BCUT2D eigenvalue weighted by molar-refractivity contribution is 0.0984. The molecule has 0 N–H and O–H groups in total. The molecule has 0 saturated carbocycles. The maximum Gasteiger partial charge on any atom is 0.260 e. The number of amides is 1. The summed E-state index contributed by atoms with van der Waals surface area (Å²) in [5.74, 6) is 0.913. The van der Waals surface area contributed by atoms with E-state index in [1.165, 1.54) is 11.3 Å². The largest absolute Gasteiger partial charge is 0.497 e. The number of pyridine rings is 1. The summed E-state index contributed by atoms with van der Waals surface area (Å²) in [5, 5.41) is 0.633. The van der Waals surface area contributed by atoms with Crippen LogP contribution in [0.5, 0.6) is 11.5 Å². The standard InChI is InChI=1S/C24H23N3O3S/c1-4-16-8-7-10-21-22(16)26-24(31-21)27(15-18-9-5-6-11-25-18)23(28)17-12-19(29-2)14-20(13-17)30-3/h5-14H,4,15H2,1-3H3. The molecule has 158 valence electrons. The van der Waals surface area contributed by atoms with Crippen LogP contribution in [0.4, 0.5) is 5.13 Å². The topological polar surface area (TPSA) is 64.6 Å². The predicted molar refractivity (Wildman–Crippen MR) is 123 cm³/mol. The fourth-order valence-corrected chi connectivity index (χ4v) is 4.37. The minimum absolute atomic E-state index is 0.194. The third-order valence-corrected chi connectivity index (χ3v) is 6.04. The number of carbonyl (C=O) groups is 1. The first-order chi connectivity index (χ1) is 15.1. The summed E-state index contributed by atoms with van der Waals surface area (Å²) in [6.07, 6.45) is 2.60. The van der Waals surface area contributed by atoms with Crippen LogP contribution in [0.15, 0.2) is 60.8 Å². The average molecular weight is 434 g/mol. The second-order valence-corrected chi connectivity index (χ2v) is 7.94. The summed E-state index contributed by atoms with van der Waals surface area (Å²) >= 11 is 1.50. The molecule has 0 atom stereocenters. The van der Waals surface area contributed by atoms with E-state index in [2.05, 4.69) is 18.0 Å². The number of aryl methyl sites for hydroxylation is 1. The fraction of sp³-hybridized carbons (Fsp3) is 0.208. The van der Waals surface area contributed by atoms with Crippen LogP contribution in [0.25, 0.3) is 10.2 Å². The first-order valence-corrected chi connectivity index (χ1v) is 10.8. The monoisotopic (exact) mass is 433 g/mol. The second-order valence-electron chi connectivity index (χ2n) is 6.93. The summed E-state index contributed by atoms with van der Waals surface area (Å²) in [7, 11) is 3.13. The Morgan fingerprint density at radius 2 is 1.81 bits per heavy atom. The van der Waals surface area contributed by atoms with Crippen LogP contribution in [0.3, 0.4) is 0 Å². The van der Waals surface area contributed by atoms with Crippen molar-refractivity contribution in [2.45, 2.75) is 19.9 Å². The van der Waals surface area contributed by atoms with Gasteiger partial charge in [-0.25, -0.2) is 4.98 Å². The summed E-state index contributed by atoms with van der Waals surface area (Å²) in [5.41, 5.74) is 3.34. The molecular weight excluding hydrogens is 410 g/mol. The molecule has 0 bridgehead atoms. The normalized spacial score (nSPS) is 10.8. The van der Waals surface area contributed by atoms with E-state index >= 15 is 0 Å². The number of fused-ring (bicyclic) bond motifs is 1. The third kappa shape index (κ3) is 4.36. The van der Waals surface area contributed by atoms with Crippen molar-refractivity contribution in [1.82, 2.24) is 9.97 Å². The molecule has 4 rings (SSSR count). The van der Waals surface area contributed by atoms with Crippen LogP contribution in [-0.4, -0.2) is 30.1 Å². The molecule has 0 spiro atoms. The van der Waals surface area contributed by atoms with E-state index in [0.717, 1.165) is 27.9 Å². The fourth-order valence-electron chi connectivity index (χ4n) is 3.36. The number of hydrogen-bond acceptors (Lipinski definition) is 6. The summed E-state index contributed by atoms with van der Waals surface area (Å²) in [6.45, 7) is 2.41. The maximum absolute atomic E-state index is 13.7. The van der Waals surface area contributed by atoms with Gasteiger partial charge in [0.1, 0.15) is 11.5 Å². The third-order valence-electron chi connectivity index (χ3n) is 4.99. The Bertz CT molecular complexity index is 1190. The molecule has 1 amide bonds. The number of thiazole rings is 1. The number of rotatable bonds is 7. The highest BCUT2D eigenvalue weighted by molar-refractivity contribution is 7.22. The van der Waals surface area contributed by atoms with Gasteiger partial charge >= 0.3 is 0 Å². The van der Waals surface area contributed by atoms with Crippen molar-refractivity contribution in [2.24, 2.45) is 0 Å². The minimum atomic E-state index is -0.194. The van der Waals surface area contributed by atoms with Gasteiger partial charge in [0.05, 0.1) is 36.7 Å². The highest BCUT2D eigenvalue weighted by Crippen LogP contribution is 2.33. The molecule has 0 saturated heterocycles. The Morgan fingerprint density at radius 3 is 2.45 bits per heavy atom. The Labute approximate surface area is 185 Å². The van der Waals surface area contributed by atoms with E-state index in [4.69, 9.17) is 14.5 Å². The maximum atomic E-state index is 13.7. The molecule has 2 aromatic heterocycles. The molecule has 0 aliphatic rings. The lowest BCUT2D eigenvalue weighted by Gasteiger charge is -2.20. The second kappa shape index (κ2) is 9.14. The average Bonchev–Trinajstić information content (AvgIpc) is 3.26. The van der Waals surface area contributed by atoms with Crippen molar-refractivity contribution in [3.63, 3.8) is 0 Å². The molecule has 0 fully saturated rings. The number of para-hydroxylation sites is 1. The molecule has 31 heavy (non-hydrogen) atoms. The van der Waals surface area contributed by atoms with E-state index in [1.807, 2.05) is 30.3 Å². The zero-order chi connectivity index (χ0) is 21.8. The molecule has 2 aromatic carbocycles. The van der Waals surface area contributed by atoms with E-state index in [-0.39, 0.29) is 5.91 Å². The molecule has 7 heteroatoms. The Morgan fingerprint density at radius 1 is 1.03 bits per heavy atom. The van der Waals surface area contributed by atoms with Gasteiger partial charge in [-0.15, -0.1) is 0 Å². The number of methoxy groups -OCH3 is 2. The summed E-state index contributed by atoms with van der Waals surface area (Å²) < 4.78 is 11.8. The zero-order valence-electron chi connectivity index (χ0n) is 17.7. The molecule has 0 unspecified atom stereocenters. The number of carbonyl (C=O) groups excluding carboxylic acids is 1. The Hall–Kier alpha value is -3.45. The van der Waals surface area contributed by atoms with E-state index in [0.29, 0.717) is 28.7 Å². The van der Waals surface area contributed by atoms with Crippen LogP contribution < -0.4 is 14.4 Å². The number of nitrogens with zero attached hydrogens (tertiary/aromatic N) is 3. The molecular formula is C24H23N3O3S. The van der Waals surface area contributed by atoms with Crippen LogP contribution in [0.2, 0.25) is 0 Å². The van der Waals surface area contributed by atoms with Gasteiger partial charge < -0.3 is 9.47 Å². The van der Waals surface area contributed by atoms with E-state index < -0.39 is 0 Å². The summed E-state index contributed by atoms with van der Waals surface area (Å²) in [6, 6.07) is 17.0. The van der Waals surface area contributed by atoms with Gasteiger partial charge in [-0.05, 0) is 42.3 Å². The highest BCUT2D eigenvalue weighted by atomic mass is 32.1. The van der Waals surface area contributed by atoms with E-state index in [1.54, 1.807) is 43.5 Å². The molecule has 0 aliphatic carbocycles. The SMILES string of the molecule is CCc1cccc2sc(N(Cc3ccccn3)C(=O)c3cc(OC)cc(OC)c3)nc12. The van der Waals surface area contributed by atoms with Gasteiger partial charge in [0.25, 0.3) is 5.91 Å². The van der Waals surface area contributed by atoms with Crippen LogP contribution in [0, 0.1) is 0 Å². The number of benzene rings is 2. The first-order valence-electron chi connectivity index (χ1n) is 9.96. The van der Waals surface area contributed by atoms with Crippen LogP contribution in [0.1, 0.15) is 28.5 Å². The van der Waals surface area contributed by atoms with Crippen molar-refractivity contribution in [3.05, 3.63) is 77.6 Å². The van der Waals surface area contributed by atoms with E-state index in [9.17, 15) is 4.79 Å². The number of hydrogen-bond donors (Lipinski definition) is 0. The van der Waals surface area contributed by atoms with Crippen molar-refractivity contribution in [2.75, 3.05) is 19.1 Å². The number of anilines is 1. The summed E-state index contributed by atoms with van der Waals surface area (Å²) in [4.78, 5) is 24.6. The van der Waals surface area contributed by atoms with Crippen molar-refractivity contribution >= 4 is 32.6 Å². The molecule has 0 aliphatic heterocycles. The molecule has 2 heterocycles. The molecule has 6 nitrogen and oxygen atoms in total. The molecule has 4 aromatic rings. The van der Waals surface area contributed by atoms with Crippen molar-refractivity contribution in [3.8, 4) is 11.5 Å². The van der Waals surface area contributed by atoms with Crippen molar-refractivity contribution in [1.29, 1.82) is 0 Å². The lowest BCUT2D eigenvalue weighted by Crippen LogP contribution is -2.30. The predicted octanol–water partition coefficient (Wildman–Crippen LogP) is 5.12. The van der Waals surface area contributed by atoms with Crippen molar-refractivity contribution < 1.29 is 14.3 Å². The van der Waals surface area contributed by atoms with Gasteiger partial charge in [-0.2, -0.15) is 0 Å². The van der Waals surface area contributed by atoms with Gasteiger partial charge in [-0.1, -0.05) is 36.5 Å². The lowest BCUT2D eigenvalue weighted by atomic mass is 10.1. The zero-order valence-corrected chi connectivity index (χ0v) is 18.5. The van der Waals surface area contributed by atoms with Crippen LogP contribution in [-0.2, 0) is 13.0 Å². The minimum Gasteiger partial charge on any atom is -0.497 e. The van der Waals surface area contributed by atoms with Gasteiger partial charge in [-0.3, -0.25) is 14.7 Å². The highest BCUT2D eigenvalue weighted by Gasteiger charge is 2.24. The number of ether oxygens (including phenoxy) is 2. The molecule has 0 radical (unpaired) electrons. The Balaban J connectivity index is 1.81. The van der Waals surface area contributed by atoms with Gasteiger partial charge in [0, 0.05) is 17.8 Å². The van der Waals surface area contributed by atoms with Gasteiger partial charge in [0.2, 0.25) is 0 Å². The smallest absolute Gasteiger partial charge is 0.260 e. The quantitative estimate of drug-likeness (QED) is 0.405. The number of aromatic nitrogens is 2. The Kier molecular flexibility index (Phi) is 6.13. The first kappa shape index (κ1) is 20.8.